The summed E-state index contributed by atoms with van der Waals surface area (Å²) in [4.78, 5) is 4.29. The topological polar surface area (TPSA) is 33.1 Å². The molecule has 2 aromatic rings. The zero-order valence-electron chi connectivity index (χ0n) is 9.94. The average molecular weight is 215 g/mol. The number of aromatic nitrogens is 1. The molecule has 0 bridgehead atoms. The van der Waals surface area contributed by atoms with Crippen LogP contribution in [0.1, 0.15) is 19.5 Å². The highest BCUT2D eigenvalue weighted by Gasteiger charge is 2.04. The molecule has 2 heteroatoms. The molecule has 0 fully saturated rings. The Morgan fingerprint density at radius 3 is 2.19 bits per heavy atom. The standard InChI is InChI=1S/C12H11NO.C2H6/c1-9-7-8-11(14)12(13-9)10-5-3-2-4-6-10;1-2/h2-8,14H,1H3;1-2H3. The van der Waals surface area contributed by atoms with Gasteiger partial charge in [-0.1, -0.05) is 44.2 Å². The maximum atomic E-state index is 9.63. The Hall–Kier alpha value is -1.83. The molecule has 0 aliphatic carbocycles. The van der Waals surface area contributed by atoms with Crippen LogP contribution in [0.2, 0.25) is 0 Å². The second-order valence-electron chi connectivity index (χ2n) is 3.19. The van der Waals surface area contributed by atoms with Gasteiger partial charge in [0, 0.05) is 11.3 Å². The molecule has 0 aliphatic rings. The summed E-state index contributed by atoms with van der Waals surface area (Å²) in [6, 6.07) is 13.1. The highest BCUT2D eigenvalue weighted by molar-refractivity contribution is 5.65. The number of rotatable bonds is 1. The van der Waals surface area contributed by atoms with Crippen molar-refractivity contribution in [3.05, 3.63) is 48.2 Å². The lowest BCUT2D eigenvalue weighted by molar-refractivity contribution is 0.474. The van der Waals surface area contributed by atoms with Crippen LogP contribution in [0.25, 0.3) is 11.3 Å². The molecular formula is C14H17NO. The molecule has 0 amide bonds. The lowest BCUT2D eigenvalue weighted by Crippen LogP contribution is -1.86. The van der Waals surface area contributed by atoms with Crippen molar-refractivity contribution in [3.8, 4) is 17.0 Å². The van der Waals surface area contributed by atoms with E-state index in [1.807, 2.05) is 51.1 Å². The molecule has 1 heterocycles. The summed E-state index contributed by atoms with van der Waals surface area (Å²) in [5.74, 6) is 0.224. The predicted molar refractivity (Wildman–Crippen MR) is 67.4 cm³/mol. The van der Waals surface area contributed by atoms with Crippen LogP contribution in [0.5, 0.6) is 5.75 Å². The lowest BCUT2D eigenvalue weighted by atomic mass is 10.1. The van der Waals surface area contributed by atoms with Crippen LogP contribution in [0, 0.1) is 6.92 Å². The molecule has 84 valence electrons. The van der Waals surface area contributed by atoms with Gasteiger partial charge in [0.1, 0.15) is 11.4 Å². The molecule has 0 atom stereocenters. The molecule has 0 unspecified atom stereocenters. The second kappa shape index (κ2) is 5.91. The zero-order valence-corrected chi connectivity index (χ0v) is 9.94. The molecule has 0 spiro atoms. The van der Waals surface area contributed by atoms with E-state index < -0.39 is 0 Å². The van der Waals surface area contributed by atoms with Gasteiger partial charge in [-0.05, 0) is 19.1 Å². The Morgan fingerprint density at radius 1 is 0.938 bits per heavy atom. The van der Waals surface area contributed by atoms with Crippen molar-refractivity contribution in [3.63, 3.8) is 0 Å². The minimum Gasteiger partial charge on any atom is -0.506 e. The first-order chi connectivity index (χ1) is 7.77. The van der Waals surface area contributed by atoms with Crippen molar-refractivity contribution >= 4 is 0 Å². The SMILES string of the molecule is CC.Cc1ccc(O)c(-c2ccccc2)n1. The molecule has 0 aliphatic heterocycles. The average Bonchev–Trinajstić information content (AvgIpc) is 2.36. The quantitative estimate of drug-likeness (QED) is 0.785. The van der Waals surface area contributed by atoms with E-state index in [2.05, 4.69) is 4.98 Å². The van der Waals surface area contributed by atoms with Gasteiger partial charge in [0.2, 0.25) is 0 Å². The molecular weight excluding hydrogens is 198 g/mol. The molecule has 0 saturated heterocycles. The van der Waals surface area contributed by atoms with Crippen molar-refractivity contribution in [2.45, 2.75) is 20.8 Å². The fourth-order valence-corrected chi connectivity index (χ4v) is 1.36. The van der Waals surface area contributed by atoms with Gasteiger partial charge in [0.05, 0.1) is 0 Å². The van der Waals surface area contributed by atoms with Crippen LogP contribution in [0.3, 0.4) is 0 Å². The van der Waals surface area contributed by atoms with E-state index in [1.165, 1.54) is 0 Å². The maximum absolute atomic E-state index is 9.63. The third-order valence-electron chi connectivity index (χ3n) is 2.06. The molecule has 16 heavy (non-hydrogen) atoms. The summed E-state index contributed by atoms with van der Waals surface area (Å²) in [6.45, 7) is 5.91. The molecule has 1 aromatic carbocycles. The van der Waals surface area contributed by atoms with E-state index in [9.17, 15) is 5.11 Å². The minimum atomic E-state index is 0.224. The minimum absolute atomic E-state index is 0.224. The van der Waals surface area contributed by atoms with E-state index in [-0.39, 0.29) is 5.75 Å². The fourth-order valence-electron chi connectivity index (χ4n) is 1.36. The summed E-state index contributed by atoms with van der Waals surface area (Å²) >= 11 is 0. The second-order valence-corrected chi connectivity index (χ2v) is 3.19. The van der Waals surface area contributed by atoms with Crippen molar-refractivity contribution in [1.82, 2.24) is 4.98 Å². The van der Waals surface area contributed by atoms with Crippen LogP contribution in [0.15, 0.2) is 42.5 Å². The van der Waals surface area contributed by atoms with Gasteiger partial charge in [0.15, 0.2) is 0 Å². The number of benzene rings is 1. The van der Waals surface area contributed by atoms with E-state index in [0.29, 0.717) is 5.69 Å². The maximum Gasteiger partial charge on any atom is 0.141 e. The molecule has 1 N–H and O–H groups in total. The van der Waals surface area contributed by atoms with Gasteiger partial charge in [-0.25, -0.2) is 4.98 Å². The first-order valence-electron chi connectivity index (χ1n) is 5.49. The lowest BCUT2D eigenvalue weighted by Gasteiger charge is -2.04. The van der Waals surface area contributed by atoms with E-state index in [4.69, 9.17) is 0 Å². The van der Waals surface area contributed by atoms with Crippen LogP contribution in [0.4, 0.5) is 0 Å². The van der Waals surface area contributed by atoms with Crippen LogP contribution >= 0.6 is 0 Å². The highest BCUT2D eigenvalue weighted by Crippen LogP contribution is 2.26. The van der Waals surface area contributed by atoms with Crippen molar-refractivity contribution in [2.75, 3.05) is 0 Å². The Kier molecular flexibility index (Phi) is 4.52. The number of hydrogen-bond donors (Lipinski definition) is 1. The Morgan fingerprint density at radius 2 is 1.56 bits per heavy atom. The summed E-state index contributed by atoms with van der Waals surface area (Å²) in [5.41, 5.74) is 2.49. The fraction of sp³-hybridized carbons (Fsp3) is 0.214. The first-order valence-corrected chi connectivity index (χ1v) is 5.49. The highest BCUT2D eigenvalue weighted by atomic mass is 16.3. The van der Waals surface area contributed by atoms with E-state index in [0.717, 1.165) is 11.3 Å². The smallest absolute Gasteiger partial charge is 0.141 e. The van der Waals surface area contributed by atoms with Gasteiger partial charge in [-0.3, -0.25) is 0 Å². The van der Waals surface area contributed by atoms with Gasteiger partial charge < -0.3 is 5.11 Å². The van der Waals surface area contributed by atoms with Crippen LogP contribution in [-0.2, 0) is 0 Å². The summed E-state index contributed by atoms with van der Waals surface area (Å²) in [5, 5.41) is 9.63. The Balaban J connectivity index is 0.000000606. The normalized spacial score (nSPS) is 9.19. The number of aryl methyl sites for hydroxylation is 1. The van der Waals surface area contributed by atoms with Crippen molar-refractivity contribution in [1.29, 1.82) is 0 Å². The van der Waals surface area contributed by atoms with Gasteiger partial charge in [-0.15, -0.1) is 0 Å². The van der Waals surface area contributed by atoms with Crippen molar-refractivity contribution < 1.29 is 5.11 Å². The monoisotopic (exact) mass is 215 g/mol. The number of hydrogen-bond acceptors (Lipinski definition) is 2. The largest absolute Gasteiger partial charge is 0.506 e. The molecule has 2 nitrogen and oxygen atoms in total. The third kappa shape index (κ3) is 2.83. The molecule has 0 saturated carbocycles. The summed E-state index contributed by atoms with van der Waals surface area (Å²) in [7, 11) is 0. The predicted octanol–water partition coefficient (Wildman–Crippen LogP) is 3.79. The summed E-state index contributed by atoms with van der Waals surface area (Å²) < 4.78 is 0. The first kappa shape index (κ1) is 12.2. The molecule has 1 aromatic heterocycles. The van der Waals surface area contributed by atoms with Gasteiger partial charge in [0.25, 0.3) is 0 Å². The van der Waals surface area contributed by atoms with E-state index >= 15 is 0 Å². The van der Waals surface area contributed by atoms with Crippen LogP contribution < -0.4 is 0 Å². The summed E-state index contributed by atoms with van der Waals surface area (Å²) in [6.07, 6.45) is 0. The van der Waals surface area contributed by atoms with Gasteiger partial charge >= 0.3 is 0 Å². The zero-order chi connectivity index (χ0) is 12.0. The number of pyridine rings is 1. The Bertz CT molecular complexity index is 438. The van der Waals surface area contributed by atoms with Gasteiger partial charge in [-0.2, -0.15) is 0 Å². The van der Waals surface area contributed by atoms with Crippen molar-refractivity contribution in [2.24, 2.45) is 0 Å². The van der Waals surface area contributed by atoms with Crippen LogP contribution in [-0.4, -0.2) is 10.1 Å². The molecule has 0 radical (unpaired) electrons. The molecule has 2 rings (SSSR count). The number of nitrogens with zero attached hydrogens (tertiary/aromatic N) is 1. The Labute approximate surface area is 96.6 Å². The third-order valence-corrected chi connectivity index (χ3v) is 2.06. The number of aromatic hydroxyl groups is 1. The van der Waals surface area contributed by atoms with E-state index in [1.54, 1.807) is 12.1 Å².